The van der Waals surface area contributed by atoms with Gasteiger partial charge in [-0.3, -0.25) is 4.79 Å². The molecule has 0 aliphatic rings. The highest BCUT2D eigenvalue weighted by Crippen LogP contribution is 2.33. The summed E-state index contributed by atoms with van der Waals surface area (Å²) < 4.78 is 27.4. The Morgan fingerprint density at radius 2 is 1.87 bits per heavy atom. The van der Waals surface area contributed by atoms with Gasteiger partial charge in [-0.05, 0) is 62.5 Å². The Balaban J connectivity index is 2.33. The summed E-state index contributed by atoms with van der Waals surface area (Å²) in [7, 11) is -0.618. The standard InChI is InChI=1S/C14H14Br2N2O3S2/c1-8-4-5-9(6-12(8)23(20,21)18(2)3)17-14(19)11-7-10(15)13(16)22-11/h4-7H,1-3H3,(H,17,19). The Kier molecular flexibility index (Phi) is 5.68. The van der Waals surface area contributed by atoms with E-state index in [4.69, 9.17) is 0 Å². The lowest BCUT2D eigenvalue weighted by Crippen LogP contribution is -2.23. The number of carbonyl (C=O) groups excluding carboxylic acids is 1. The molecule has 0 spiro atoms. The topological polar surface area (TPSA) is 66.5 Å². The van der Waals surface area contributed by atoms with Crippen LogP contribution in [0.15, 0.2) is 37.4 Å². The molecule has 2 rings (SSSR count). The van der Waals surface area contributed by atoms with E-state index < -0.39 is 10.0 Å². The molecule has 0 atom stereocenters. The van der Waals surface area contributed by atoms with E-state index >= 15 is 0 Å². The number of benzene rings is 1. The van der Waals surface area contributed by atoms with Gasteiger partial charge >= 0.3 is 0 Å². The summed E-state index contributed by atoms with van der Waals surface area (Å²) in [5, 5.41) is 2.72. The fourth-order valence-electron chi connectivity index (χ4n) is 1.80. The van der Waals surface area contributed by atoms with Gasteiger partial charge in [-0.1, -0.05) is 6.07 Å². The normalized spacial score (nSPS) is 11.7. The summed E-state index contributed by atoms with van der Waals surface area (Å²) in [6.07, 6.45) is 0. The predicted molar refractivity (Wildman–Crippen MR) is 99.7 cm³/mol. The summed E-state index contributed by atoms with van der Waals surface area (Å²) in [6.45, 7) is 1.72. The van der Waals surface area contributed by atoms with E-state index in [9.17, 15) is 13.2 Å². The molecule has 0 aliphatic heterocycles. The van der Waals surface area contributed by atoms with Crippen LogP contribution in [0.5, 0.6) is 0 Å². The first kappa shape index (κ1) is 18.6. The third-order valence-corrected chi connectivity index (χ3v) is 8.29. The van der Waals surface area contributed by atoms with Crippen LogP contribution >= 0.6 is 43.2 Å². The van der Waals surface area contributed by atoms with Gasteiger partial charge in [0.05, 0.1) is 13.6 Å². The zero-order valence-electron chi connectivity index (χ0n) is 12.6. The van der Waals surface area contributed by atoms with Crippen LogP contribution < -0.4 is 5.32 Å². The zero-order valence-corrected chi connectivity index (χ0v) is 17.4. The van der Waals surface area contributed by atoms with Crippen molar-refractivity contribution in [3.05, 3.63) is 43.0 Å². The van der Waals surface area contributed by atoms with E-state index in [1.807, 2.05) is 0 Å². The van der Waals surface area contributed by atoms with Gasteiger partial charge in [0.15, 0.2) is 0 Å². The second-order valence-electron chi connectivity index (χ2n) is 4.95. The van der Waals surface area contributed by atoms with Crippen LogP contribution in [0.4, 0.5) is 5.69 Å². The fourth-order valence-corrected chi connectivity index (χ4v) is 4.88. The third-order valence-electron chi connectivity index (χ3n) is 3.07. The Morgan fingerprint density at radius 1 is 1.22 bits per heavy atom. The third kappa shape index (κ3) is 4.03. The van der Waals surface area contributed by atoms with Crippen LogP contribution in [0.3, 0.4) is 0 Å². The second kappa shape index (κ2) is 7.02. The fraction of sp³-hybridized carbons (Fsp3) is 0.214. The molecule has 2 aromatic rings. The van der Waals surface area contributed by atoms with Gasteiger partial charge in [0.25, 0.3) is 5.91 Å². The molecular weight excluding hydrogens is 468 g/mol. The first-order valence-corrected chi connectivity index (χ1v) is 10.3. The Labute approximate surface area is 156 Å². The minimum atomic E-state index is -3.56. The van der Waals surface area contributed by atoms with Crippen molar-refractivity contribution in [3.8, 4) is 0 Å². The van der Waals surface area contributed by atoms with E-state index in [1.165, 1.54) is 31.5 Å². The van der Waals surface area contributed by atoms with Gasteiger partial charge in [-0.25, -0.2) is 12.7 Å². The molecule has 0 radical (unpaired) electrons. The van der Waals surface area contributed by atoms with Crippen molar-refractivity contribution >= 4 is 64.8 Å². The van der Waals surface area contributed by atoms with Crippen molar-refractivity contribution in [1.82, 2.24) is 4.31 Å². The molecule has 1 aromatic carbocycles. The van der Waals surface area contributed by atoms with Crippen molar-refractivity contribution in [2.24, 2.45) is 0 Å². The van der Waals surface area contributed by atoms with Crippen LogP contribution in [0.25, 0.3) is 0 Å². The monoisotopic (exact) mass is 480 g/mol. The van der Waals surface area contributed by atoms with Crippen molar-refractivity contribution in [1.29, 1.82) is 0 Å². The predicted octanol–water partition coefficient (Wildman–Crippen LogP) is 4.08. The molecule has 5 nitrogen and oxygen atoms in total. The Morgan fingerprint density at radius 3 is 2.39 bits per heavy atom. The molecule has 0 saturated carbocycles. The summed E-state index contributed by atoms with van der Waals surface area (Å²) in [6, 6.07) is 6.53. The van der Waals surface area contributed by atoms with E-state index in [0.29, 0.717) is 16.1 Å². The maximum absolute atomic E-state index is 12.3. The average Bonchev–Trinajstić information content (AvgIpc) is 2.80. The Bertz CT molecular complexity index is 841. The smallest absolute Gasteiger partial charge is 0.265 e. The van der Waals surface area contributed by atoms with Gasteiger partial charge in [-0.2, -0.15) is 0 Å². The van der Waals surface area contributed by atoms with Crippen molar-refractivity contribution in [2.75, 3.05) is 19.4 Å². The largest absolute Gasteiger partial charge is 0.321 e. The van der Waals surface area contributed by atoms with Gasteiger partial charge in [0.2, 0.25) is 10.0 Å². The number of halogens is 2. The number of anilines is 1. The number of nitrogens with zero attached hydrogens (tertiary/aromatic N) is 1. The van der Waals surface area contributed by atoms with Gasteiger partial charge < -0.3 is 5.32 Å². The number of rotatable bonds is 4. The molecule has 124 valence electrons. The maximum atomic E-state index is 12.3. The lowest BCUT2D eigenvalue weighted by molar-refractivity contribution is 0.103. The van der Waals surface area contributed by atoms with Crippen molar-refractivity contribution in [2.45, 2.75) is 11.8 Å². The van der Waals surface area contributed by atoms with E-state index in [1.54, 1.807) is 25.1 Å². The van der Waals surface area contributed by atoms with Crippen molar-refractivity contribution in [3.63, 3.8) is 0 Å². The lowest BCUT2D eigenvalue weighted by atomic mass is 10.2. The van der Waals surface area contributed by atoms with Gasteiger partial charge in [-0.15, -0.1) is 11.3 Å². The number of hydrogen-bond donors (Lipinski definition) is 1. The zero-order chi connectivity index (χ0) is 17.4. The van der Waals surface area contributed by atoms with Gasteiger partial charge in [0.1, 0.15) is 0 Å². The number of hydrogen-bond acceptors (Lipinski definition) is 4. The lowest BCUT2D eigenvalue weighted by Gasteiger charge is -2.15. The average molecular weight is 482 g/mol. The first-order chi connectivity index (χ1) is 10.6. The number of carbonyl (C=O) groups is 1. The summed E-state index contributed by atoms with van der Waals surface area (Å²) in [5.41, 5.74) is 1.06. The maximum Gasteiger partial charge on any atom is 0.265 e. The van der Waals surface area contributed by atoms with Crippen molar-refractivity contribution < 1.29 is 13.2 Å². The molecule has 0 fully saturated rings. The van der Waals surface area contributed by atoms with Crippen LogP contribution in [0.1, 0.15) is 15.2 Å². The highest BCUT2D eigenvalue weighted by molar-refractivity contribution is 9.13. The highest BCUT2D eigenvalue weighted by Gasteiger charge is 2.21. The summed E-state index contributed by atoms with van der Waals surface area (Å²) in [5.74, 6) is -0.293. The molecule has 1 N–H and O–H groups in total. The number of aryl methyl sites for hydroxylation is 1. The molecule has 0 bridgehead atoms. The van der Waals surface area contributed by atoms with Crippen LogP contribution in [-0.2, 0) is 10.0 Å². The summed E-state index contributed by atoms with van der Waals surface area (Å²) in [4.78, 5) is 12.9. The Hall–Kier alpha value is -0.740. The number of amides is 1. The number of sulfonamides is 1. The van der Waals surface area contributed by atoms with Crippen LogP contribution in [-0.4, -0.2) is 32.7 Å². The van der Waals surface area contributed by atoms with Crippen LogP contribution in [0.2, 0.25) is 0 Å². The molecule has 1 heterocycles. The molecule has 0 unspecified atom stereocenters. The SMILES string of the molecule is Cc1ccc(NC(=O)c2cc(Br)c(Br)s2)cc1S(=O)(=O)N(C)C. The minimum Gasteiger partial charge on any atom is -0.321 e. The molecule has 23 heavy (non-hydrogen) atoms. The molecule has 9 heteroatoms. The molecule has 0 saturated heterocycles. The quantitative estimate of drug-likeness (QED) is 0.715. The van der Waals surface area contributed by atoms with E-state index in [2.05, 4.69) is 37.2 Å². The van der Waals surface area contributed by atoms with E-state index in [-0.39, 0.29) is 10.8 Å². The molecule has 1 amide bonds. The van der Waals surface area contributed by atoms with E-state index in [0.717, 1.165) is 12.6 Å². The van der Waals surface area contributed by atoms with Crippen LogP contribution in [0, 0.1) is 6.92 Å². The van der Waals surface area contributed by atoms with Gasteiger partial charge in [0, 0.05) is 24.3 Å². The highest BCUT2D eigenvalue weighted by atomic mass is 79.9. The molecular formula is C14H14Br2N2O3S2. The minimum absolute atomic E-state index is 0.175. The molecule has 1 aromatic heterocycles. The first-order valence-electron chi connectivity index (χ1n) is 6.42. The molecule has 0 aliphatic carbocycles. The number of nitrogens with one attached hydrogen (secondary N) is 1. The second-order valence-corrected chi connectivity index (χ2v) is 10.3. The number of thiophene rings is 1. The summed E-state index contributed by atoms with van der Waals surface area (Å²) >= 11 is 7.96.